The lowest BCUT2D eigenvalue weighted by Gasteiger charge is -2.22. The van der Waals surface area contributed by atoms with E-state index in [0.717, 1.165) is 29.8 Å². The van der Waals surface area contributed by atoms with Gasteiger partial charge >= 0.3 is 0 Å². The quantitative estimate of drug-likeness (QED) is 0.685. The van der Waals surface area contributed by atoms with E-state index in [9.17, 15) is 4.79 Å². The molecule has 146 valence electrons. The Hall–Kier alpha value is -2.87. The fraction of sp³-hybridized carbons (Fsp3) is 0.350. The van der Waals surface area contributed by atoms with Gasteiger partial charge in [0.05, 0.1) is 12.8 Å². The number of ether oxygens (including phenoxy) is 1. The number of anilines is 1. The molecule has 0 bridgehead atoms. The van der Waals surface area contributed by atoms with Crippen LogP contribution in [-0.2, 0) is 0 Å². The van der Waals surface area contributed by atoms with Crippen molar-refractivity contribution in [3.63, 3.8) is 0 Å². The maximum absolute atomic E-state index is 12.5. The van der Waals surface area contributed by atoms with E-state index in [-0.39, 0.29) is 11.9 Å². The number of aromatic nitrogens is 3. The monoisotopic (exact) mass is 397 g/mol. The fourth-order valence-corrected chi connectivity index (χ4v) is 4.20. The first kappa shape index (κ1) is 18.5. The molecule has 1 aromatic carbocycles. The van der Waals surface area contributed by atoms with Crippen molar-refractivity contribution < 1.29 is 9.53 Å². The van der Waals surface area contributed by atoms with Gasteiger partial charge < -0.3 is 15.8 Å². The smallest absolute Gasteiger partial charge is 0.271 e. The van der Waals surface area contributed by atoms with E-state index >= 15 is 0 Å². The Kier molecular flexibility index (Phi) is 5.29. The molecule has 1 fully saturated rings. The lowest BCUT2D eigenvalue weighted by atomic mass is 9.95. The van der Waals surface area contributed by atoms with Gasteiger partial charge in [-0.2, -0.15) is 9.78 Å². The summed E-state index contributed by atoms with van der Waals surface area (Å²) in [6.07, 6.45) is 5.68. The molecule has 2 aromatic heterocycles. The van der Waals surface area contributed by atoms with E-state index in [4.69, 9.17) is 10.5 Å². The Morgan fingerprint density at radius 3 is 2.71 bits per heavy atom. The Bertz CT molecular complexity index is 957. The molecular formula is C20H23N5O2S. The minimum Gasteiger partial charge on any atom is -0.497 e. The molecule has 7 nitrogen and oxygen atoms in total. The van der Waals surface area contributed by atoms with Crippen LogP contribution in [0.15, 0.2) is 35.7 Å². The topological polar surface area (TPSA) is 95.1 Å². The van der Waals surface area contributed by atoms with E-state index in [1.165, 1.54) is 30.6 Å². The predicted octanol–water partition coefficient (Wildman–Crippen LogP) is 3.65. The zero-order valence-corrected chi connectivity index (χ0v) is 16.5. The zero-order chi connectivity index (χ0) is 19.5. The van der Waals surface area contributed by atoms with Crippen molar-refractivity contribution in [3.8, 4) is 22.1 Å². The lowest BCUT2D eigenvalue weighted by Crippen LogP contribution is -2.36. The van der Waals surface area contributed by atoms with E-state index in [1.54, 1.807) is 23.2 Å². The first-order chi connectivity index (χ1) is 13.6. The number of carbonyl (C=O) groups excluding carboxylic acids is 1. The van der Waals surface area contributed by atoms with Crippen molar-refractivity contribution in [2.45, 2.75) is 38.1 Å². The Labute approximate surface area is 167 Å². The Morgan fingerprint density at radius 1 is 1.25 bits per heavy atom. The van der Waals surface area contributed by atoms with E-state index in [0.29, 0.717) is 16.6 Å². The van der Waals surface area contributed by atoms with Gasteiger partial charge in [-0.15, -0.1) is 11.3 Å². The van der Waals surface area contributed by atoms with Crippen LogP contribution >= 0.6 is 11.3 Å². The van der Waals surface area contributed by atoms with Crippen LogP contribution < -0.4 is 15.8 Å². The van der Waals surface area contributed by atoms with Crippen molar-refractivity contribution in [1.82, 2.24) is 20.1 Å². The molecule has 1 saturated carbocycles. The van der Waals surface area contributed by atoms with Crippen LogP contribution in [0.3, 0.4) is 0 Å². The third-order valence-electron chi connectivity index (χ3n) is 4.97. The minimum absolute atomic E-state index is 0.129. The van der Waals surface area contributed by atoms with Crippen LogP contribution in [0.25, 0.3) is 16.4 Å². The number of nitrogens with one attached hydrogen (secondary N) is 1. The summed E-state index contributed by atoms with van der Waals surface area (Å²) in [7, 11) is 1.63. The summed E-state index contributed by atoms with van der Waals surface area (Å²) in [6, 6.07) is 9.66. The maximum Gasteiger partial charge on any atom is 0.271 e. The molecule has 3 N–H and O–H groups in total. The molecule has 8 heteroatoms. The van der Waals surface area contributed by atoms with Gasteiger partial charge in [0.2, 0.25) is 5.13 Å². The molecule has 0 saturated heterocycles. The zero-order valence-electron chi connectivity index (χ0n) is 15.7. The van der Waals surface area contributed by atoms with Gasteiger partial charge in [0.25, 0.3) is 5.91 Å². The van der Waals surface area contributed by atoms with Gasteiger partial charge in [0.15, 0.2) is 0 Å². The van der Waals surface area contributed by atoms with Crippen LogP contribution in [0.4, 0.5) is 5.82 Å². The second-order valence-corrected chi connectivity index (χ2v) is 7.76. The SMILES string of the molecule is COc1ccc(-c2cc(N)n(-c3nc(C(=O)NC4CCCCC4)cs3)n2)cc1. The number of benzene rings is 1. The number of hydrogen-bond donors (Lipinski definition) is 2. The van der Waals surface area contributed by atoms with Crippen LogP contribution in [0.5, 0.6) is 5.75 Å². The summed E-state index contributed by atoms with van der Waals surface area (Å²) in [5, 5.41) is 9.98. The van der Waals surface area contributed by atoms with Gasteiger partial charge in [0, 0.05) is 23.1 Å². The van der Waals surface area contributed by atoms with Gasteiger partial charge in [-0.3, -0.25) is 4.79 Å². The molecule has 0 unspecified atom stereocenters. The molecule has 1 aliphatic rings. The summed E-state index contributed by atoms with van der Waals surface area (Å²) in [5.74, 6) is 1.12. The first-order valence-corrected chi connectivity index (χ1v) is 10.3. The molecule has 0 spiro atoms. The molecule has 0 atom stereocenters. The van der Waals surface area contributed by atoms with Gasteiger partial charge in [-0.05, 0) is 37.1 Å². The largest absolute Gasteiger partial charge is 0.497 e. The standard InChI is InChI=1S/C20H23N5O2S/c1-27-15-9-7-13(8-10-15)16-11-18(21)25(24-16)20-23-17(12-28-20)19(26)22-14-5-3-2-4-6-14/h7-12,14H,2-6,21H2,1H3,(H,22,26). The van der Waals surface area contributed by atoms with Gasteiger partial charge in [-0.1, -0.05) is 19.3 Å². The number of nitrogen functional groups attached to an aromatic ring is 1. The van der Waals surface area contributed by atoms with Crippen molar-refractivity contribution in [2.75, 3.05) is 12.8 Å². The summed E-state index contributed by atoms with van der Waals surface area (Å²) in [6.45, 7) is 0. The highest BCUT2D eigenvalue weighted by Gasteiger charge is 2.19. The number of nitrogens with zero attached hydrogens (tertiary/aromatic N) is 3. The van der Waals surface area contributed by atoms with Crippen LogP contribution in [-0.4, -0.2) is 33.8 Å². The maximum atomic E-state index is 12.5. The van der Waals surface area contributed by atoms with Crippen molar-refractivity contribution in [3.05, 3.63) is 41.4 Å². The number of carbonyl (C=O) groups is 1. The van der Waals surface area contributed by atoms with Crippen LogP contribution in [0.1, 0.15) is 42.6 Å². The molecule has 3 aromatic rings. The second-order valence-electron chi connectivity index (χ2n) is 6.92. The number of methoxy groups -OCH3 is 1. The Morgan fingerprint density at radius 2 is 2.00 bits per heavy atom. The number of hydrogen-bond acceptors (Lipinski definition) is 6. The van der Waals surface area contributed by atoms with E-state index < -0.39 is 0 Å². The Balaban J connectivity index is 1.51. The highest BCUT2D eigenvalue weighted by Crippen LogP contribution is 2.26. The summed E-state index contributed by atoms with van der Waals surface area (Å²) < 4.78 is 6.76. The highest BCUT2D eigenvalue weighted by molar-refractivity contribution is 7.12. The number of amides is 1. The van der Waals surface area contributed by atoms with Crippen molar-refractivity contribution in [1.29, 1.82) is 0 Å². The number of thiazole rings is 1. The molecule has 0 aliphatic heterocycles. The molecule has 2 heterocycles. The second kappa shape index (κ2) is 8.02. The fourth-order valence-electron chi connectivity index (χ4n) is 3.42. The average Bonchev–Trinajstić information content (AvgIpc) is 3.36. The number of nitrogens with two attached hydrogens (primary N) is 1. The molecule has 1 amide bonds. The summed E-state index contributed by atoms with van der Waals surface area (Å²) in [5.41, 5.74) is 8.22. The van der Waals surface area contributed by atoms with Gasteiger partial charge in [0.1, 0.15) is 17.3 Å². The van der Waals surface area contributed by atoms with E-state index in [1.807, 2.05) is 24.3 Å². The highest BCUT2D eigenvalue weighted by atomic mass is 32.1. The minimum atomic E-state index is -0.129. The average molecular weight is 398 g/mol. The number of rotatable bonds is 5. The van der Waals surface area contributed by atoms with Crippen molar-refractivity contribution in [2.24, 2.45) is 0 Å². The lowest BCUT2D eigenvalue weighted by molar-refractivity contribution is 0.0923. The van der Waals surface area contributed by atoms with E-state index in [2.05, 4.69) is 15.4 Å². The predicted molar refractivity (Wildman–Crippen MR) is 110 cm³/mol. The third-order valence-corrected chi connectivity index (χ3v) is 5.79. The molecular weight excluding hydrogens is 374 g/mol. The third kappa shape index (κ3) is 3.87. The first-order valence-electron chi connectivity index (χ1n) is 9.41. The van der Waals surface area contributed by atoms with Crippen molar-refractivity contribution >= 4 is 23.1 Å². The van der Waals surface area contributed by atoms with Crippen LogP contribution in [0.2, 0.25) is 0 Å². The summed E-state index contributed by atoms with van der Waals surface area (Å²) in [4.78, 5) is 16.9. The molecule has 28 heavy (non-hydrogen) atoms. The molecule has 4 rings (SSSR count). The van der Waals surface area contributed by atoms with Gasteiger partial charge in [-0.25, -0.2) is 4.98 Å². The normalized spacial score (nSPS) is 14.8. The summed E-state index contributed by atoms with van der Waals surface area (Å²) >= 11 is 1.35. The van der Waals surface area contributed by atoms with Crippen LogP contribution in [0, 0.1) is 0 Å². The molecule has 1 aliphatic carbocycles. The molecule has 0 radical (unpaired) electrons.